The molecule has 0 aromatic heterocycles. The zero-order valence-electron chi connectivity index (χ0n) is 9.43. The van der Waals surface area contributed by atoms with Gasteiger partial charge in [-0.2, -0.15) is 0 Å². The summed E-state index contributed by atoms with van der Waals surface area (Å²) >= 11 is 3.24. The lowest BCUT2D eigenvalue weighted by Gasteiger charge is -2.09. The first-order chi connectivity index (χ1) is 8.04. The average molecular weight is 302 g/mol. The molecule has 1 aromatic rings. The maximum absolute atomic E-state index is 13.3. The number of carbonyl (C=O) groups is 1. The van der Waals surface area contributed by atoms with Crippen molar-refractivity contribution >= 4 is 27.6 Å². The van der Waals surface area contributed by atoms with Crippen molar-refractivity contribution in [1.82, 2.24) is 0 Å². The SMILES string of the molecule is C=C(CNc1cc(Br)ccc1F)C(=O)OCC. The lowest BCUT2D eigenvalue weighted by molar-refractivity contribution is -0.138. The fourth-order valence-corrected chi connectivity index (χ4v) is 1.50. The maximum atomic E-state index is 13.3. The number of rotatable bonds is 5. The van der Waals surface area contributed by atoms with Gasteiger partial charge in [0, 0.05) is 16.6 Å². The topological polar surface area (TPSA) is 38.3 Å². The zero-order valence-corrected chi connectivity index (χ0v) is 11.0. The molecule has 0 unspecified atom stereocenters. The van der Waals surface area contributed by atoms with Crippen molar-refractivity contribution in [2.24, 2.45) is 0 Å². The van der Waals surface area contributed by atoms with Crippen molar-refractivity contribution < 1.29 is 13.9 Å². The van der Waals surface area contributed by atoms with Gasteiger partial charge in [-0.1, -0.05) is 22.5 Å². The molecular weight excluding hydrogens is 289 g/mol. The molecule has 17 heavy (non-hydrogen) atoms. The van der Waals surface area contributed by atoms with Crippen LogP contribution in [0.3, 0.4) is 0 Å². The van der Waals surface area contributed by atoms with E-state index in [0.717, 1.165) is 4.47 Å². The Morgan fingerprint density at radius 1 is 1.59 bits per heavy atom. The zero-order chi connectivity index (χ0) is 12.8. The minimum absolute atomic E-state index is 0.145. The first-order valence-corrected chi connectivity index (χ1v) is 5.87. The summed E-state index contributed by atoms with van der Waals surface area (Å²) in [7, 11) is 0. The van der Waals surface area contributed by atoms with Crippen molar-refractivity contribution in [2.75, 3.05) is 18.5 Å². The Morgan fingerprint density at radius 2 is 2.29 bits per heavy atom. The van der Waals surface area contributed by atoms with Gasteiger partial charge in [-0.05, 0) is 25.1 Å². The van der Waals surface area contributed by atoms with Gasteiger partial charge in [0.05, 0.1) is 12.3 Å². The van der Waals surface area contributed by atoms with Gasteiger partial charge in [-0.15, -0.1) is 0 Å². The number of benzene rings is 1. The Kier molecular flexibility index (Phi) is 5.15. The van der Waals surface area contributed by atoms with Crippen LogP contribution in [0.15, 0.2) is 34.8 Å². The van der Waals surface area contributed by atoms with Gasteiger partial charge in [0.25, 0.3) is 0 Å². The number of carbonyl (C=O) groups excluding carboxylic acids is 1. The summed E-state index contributed by atoms with van der Waals surface area (Å²) in [5, 5.41) is 2.79. The molecule has 1 N–H and O–H groups in total. The van der Waals surface area contributed by atoms with Crippen LogP contribution in [0.5, 0.6) is 0 Å². The van der Waals surface area contributed by atoms with Gasteiger partial charge in [-0.25, -0.2) is 9.18 Å². The second kappa shape index (κ2) is 6.39. The van der Waals surface area contributed by atoms with Crippen LogP contribution in [-0.4, -0.2) is 19.1 Å². The van der Waals surface area contributed by atoms with Crippen LogP contribution in [0, 0.1) is 5.82 Å². The van der Waals surface area contributed by atoms with Crippen LogP contribution < -0.4 is 5.32 Å². The van der Waals surface area contributed by atoms with Crippen molar-refractivity contribution in [1.29, 1.82) is 0 Å². The van der Waals surface area contributed by atoms with E-state index in [1.807, 2.05) is 0 Å². The summed E-state index contributed by atoms with van der Waals surface area (Å²) in [6, 6.07) is 4.52. The molecule has 0 spiro atoms. The first-order valence-electron chi connectivity index (χ1n) is 5.08. The van der Waals surface area contributed by atoms with Crippen LogP contribution in [0.2, 0.25) is 0 Å². The summed E-state index contributed by atoms with van der Waals surface area (Å²) in [5.41, 5.74) is 0.566. The number of nitrogens with one attached hydrogen (secondary N) is 1. The Labute approximate surface area is 108 Å². The molecule has 92 valence electrons. The van der Waals surface area contributed by atoms with Crippen LogP contribution in [0.1, 0.15) is 6.92 Å². The molecule has 0 aliphatic heterocycles. The summed E-state index contributed by atoms with van der Waals surface area (Å²) in [6.45, 7) is 5.72. The fourth-order valence-electron chi connectivity index (χ4n) is 1.14. The van der Waals surface area contributed by atoms with Gasteiger partial charge >= 0.3 is 5.97 Å². The summed E-state index contributed by atoms with van der Waals surface area (Å²) in [6.07, 6.45) is 0. The Morgan fingerprint density at radius 3 is 2.94 bits per heavy atom. The van der Waals surface area contributed by atoms with Crippen molar-refractivity contribution in [3.05, 3.63) is 40.6 Å². The van der Waals surface area contributed by atoms with Gasteiger partial charge < -0.3 is 10.1 Å². The highest BCUT2D eigenvalue weighted by molar-refractivity contribution is 9.10. The van der Waals surface area contributed by atoms with Crippen LogP contribution in [0.4, 0.5) is 10.1 Å². The average Bonchev–Trinajstić information content (AvgIpc) is 2.30. The Bertz CT molecular complexity index is 435. The minimum Gasteiger partial charge on any atom is -0.463 e. The molecule has 1 rings (SSSR count). The number of anilines is 1. The monoisotopic (exact) mass is 301 g/mol. The number of hydrogen-bond acceptors (Lipinski definition) is 3. The van der Waals surface area contributed by atoms with Crippen molar-refractivity contribution in [3.8, 4) is 0 Å². The van der Waals surface area contributed by atoms with E-state index in [4.69, 9.17) is 4.74 Å². The third kappa shape index (κ3) is 4.19. The van der Waals surface area contributed by atoms with Crippen LogP contribution >= 0.6 is 15.9 Å². The van der Waals surface area contributed by atoms with Gasteiger partial charge in [-0.3, -0.25) is 0 Å². The van der Waals surface area contributed by atoms with E-state index in [2.05, 4.69) is 27.8 Å². The number of ether oxygens (including phenoxy) is 1. The molecule has 0 heterocycles. The number of halogens is 2. The van der Waals surface area contributed by atoms with E-state index in [0.29, 0.717) is 12.3 Å². The molecule has 0 saturated carbocycles. The molecule has 0 fully saturated rings. The van der Waals surface area contributed by atoms with Crippen molar-refractivity contribution in [3.63, 3.8) is 0 Å². The van der Waals surface area contributed by atoms with E-state index in [1.165, 1.54) is 6.07 Å². The van der Waals surface area contributed by atoms with E-state index in [1.54, 1.807) is 19.1 Å². The Balaban J connectivity index is 2.58. The normalized spacial score (nSPS) is 9.82. The quantitative estimate of drug-likeness (QED) is 0.671. The van der Waals surface area contributed by atoms with Crippen LogP contribution in [-0.2, 0) is 9.53 Å². The van der Waals surface area contributed by atoms with E-state index in [-0.39, 0.29) is 17.9 Å². The molecule has 0 aliphatic rings. The minimum atomic E-state index is -0.476. The van der Waals surface area contributed by atoms with Gasteiger partial charge in [0.2, 0.25) is 0 Å². The molecule has 0 atom stereocenters. The van der Waals surface area contributed by atoms with Gasteiger partial charge in [0.1, 0.15) is 5.82 Å². The lowest BCUT2D eigenvalue weighted by Crippen LogP contribution is -2.15. The third-order valence-corrected chi connectivity index (χ3v) is 2.48. The predicted molar refractivity (Wildman–Crippen MR) is 68.4 cm³/mol. The first kappa shape index (κ1) is 13.7. The highest BCUT2D eigenvalue weighted by Gasteiger charge is 2.08. The predicted octanol–water partition coefficient (Wildman–Crippen LogP) is 3.12. The molecule has 0 bridgehead atoms. The number of esters is 1. The Hall–Kier alpha value is -1.36. The lowest BCUT2D eigenvalue weighted by atomic mass is 10.2. The number of hydrogen-bond donors (Lipinski definition) is 1. The molecule has 3 nitrogen and oxygen atoms in total. The van der Waals surface area contributed by atoms with Gasteiger partial charge in [0.15, 0.2) is 0 Å². The van der Waals surface area contributed by atoms with Crippen LogP contribution in [0.25, 0.3) is 0 Å². The molecule has 5 heteroatoms. The summed E-state index contributed by atoms with van der Waals surface area (Å²) < 4.78 is 18.9. The second-order valence-electron chi connectivity index (χ2n) is 3.30. The van der Waals surface area contributed by atoms with Crippen molar-refractivity contribution in [2.45, 2.75) is 6.92 Å². The highest BCUT2D eigenvalue weighted by atomic mass is 79.9. The molecule has 1 aromatic carbocycles. The molecular formula is C12H13BrFNO2. The largest absolute Gasteiger partial charge is 0.463 e. The van der Waals surface area contributed by atoms with E-state index >= 15 is 0 Å². The van der Waals surface area contributed by atoms with E-state index < -0.39 is 5.97 Å². The van der Waals surface area contributed by atoms with E-state index in [9.17, 15) is 9.18 Å². The molecule has 0 aliphatic carbocycles. The highest BCUT2D eigenvalue weighted by Crippen LogP contribution is 2.20. The molecule has 0 radical (unpaired) electrons. The standard InChI is InChI=1S/C12H13BrFNO2/c1-3-17-12(16)8(2)7-15-11-6-9(13)4-5-10(11)14/h4-6,15H,2-3,7H2,1H3. The third-order valence-electron chi connectivity index (χ3n) is 1.98. The second-order valence-corrected chi connectivity index (χ2v) is 4.22. The summed E-state index contributed by atoms with van der Waals surface area (Å²) in [4.78, 5) is 11.3. The molecule has 0 amide bonds. The molecule has 0 saturated heterocycles. The summed E-state index contributed by atoms with van der Waals surface area (Å²) in [5.74, 6) is -0.861. The smallest absolute Gasteiger partial charge is 0.335 e. The fraction of sp³-hybridized carbons (Fsp3) is 0.250. The maximum Gasteiger partial charge on any atom is 0.335 e.